The second kappa shape index (κ2) is 4.69. The van der Waals surface area contributed by atoms with Crippen molar-refractivity contribution in [2.24, 2.45) is 0 Å². The van der Waals surface area contributed by atoms with Crippen LogP contribution < -0.4 is 0 Å². The number of hydrogen-bond donors (Lipinski definition) is 1. The number of para-hydroxylation sites is 1. The predicted molar refractivity (Wildman–Crippen MR) is 77.7 cm³/mol. The molecule has 0 aliphatic heterocycles. The number of fused-ring (bicyclic) bond motifs is 1. The SMILES string of the molecule is CCCc1ccc(-c2cc3ccccc3[nH]2)cc1. The van der Waals surface area contributed by atoms with Crippen LogP contribution in [0.2, 0.25) is 0 Å². The van der Waals surface area contributed by atoms with Gasteiger partial charge in [0, 0.05) is 16.6 Å². The minimum atomic E-state index is 1.16. The van der Waals surface area contributed by atoms with Crippen LogP contribution in [-0.4, -0.2) is 4.98 Å². The van der Waals surface area contributed by atoms with E-state index in [4.69, 9.17) is 0 Å². The maximum Gasteiger partial charge on any atom is 0.0464 e. The van der Waals surface area contributed by atoms with Crippen LogP contribution in [0.1, 0.15) is 18.9 Å². The average molecular weight is 235 g/mol. The molecule has 0 aliphatic carbocycles. The van der Waals surface area contributed by atoms with E-state index in [9.17, 15) is 0 Å². The zero-order valence-corrected chi connectivity index (χ0v) is 10.6. The number of nitrogens with one attached hydrogen (secondary N) is 1. The van der Waals surface area contributed by atoms with E-state index in [0.717, 1.165) is 6.42 Å². The summed E-state index contributed by atoms with van der Waals surface area (Å²) in [6.07, 6.45) is 2.36. The minimum absolute atomic E-state index is 1.16. The molecule has 0 unspecified atom stereocenters. The van der Waals surface area contributed by atoms with Crippen molar-refractivity contribution in [2.75, 3.05) is 0 Å². The Bertz CT molecular complexity index is 614. The van der Waals surface area contributed by atoms with Crippen LogP contribution in [0.15, 0.2) is 54.6 Å². The van der Waals surface area contributed by atoms with Crippen molar-refractivity contribution in [3.05, 3.63) is 60.2 Å². The molecule has 0 aliphatic rings. The Morgan fingerprint density at radius 3 is 2.44 bits per heavy atom. The number of hydrogen-bond acceptors (Lipinski definition) is 0. The van der Waals surface area contributed by atoms with Gasteiger partial charge in [0.2, 0.25) is 0 Å². The number of aryl methyl sites for hydroxylation is 1. The second-order valence-electron chi connectivity index (χ2n) is 4.72. The van der Waals surface area contributed by atoms with E-state index in [2.05, 4.69) is 66.5 Å². The molecule has 0 amide bonds. The maximum absolute atomic E-state index is 3.46. The first-order valence-electron chi connectivity index (χ1n) is 6.54. The number of benzene rings is 2. The molecule has 0 bridgehead atoms. The van der Waals surface area contributed by atoms with Gasteiger partial charge in [-0.3, -0.25) is 0 Å². The largest absolute Gasteiger partial charge is 0.355 e. The minimum Gasteiger partial charge on any atom is -0.355 e. The monoisotopic (exact) mass is 235 g/mol. The summed E-state index contributed by atoms with van der Waals surface area (Å²) < 4.78 is 0. The third-order valence-corrected chi connectivity index (χ3v) is 3.33. The van der Waals surface area contributed by atoms with E-state index in [1.807, 2.05) is 0 Å². The molecular formula is C17H17N. The number of H-pyrrole nitrogens is 1. The molecule has 3 rings (SSSR count). The molecule has 18 heavy (non-hydrogen) atoms. The molecule has 0 radical (unpaired) electrons. The van der Waals surface area contributed by atoms with Gasteiger partial charge in [0.15, 0.2) is 0 Å². The molecule has 0 atom stereocenters. The highest BCUT2D eigenvalue weighted by Gasteiger charge is 2.02. The van der Waals surface area contributed by atoms with Crippen molar-refractivity contribution in [3.8, 4) is 11.3 Å². The zero-order chi connectivity index (χ0) is 12.4. The Hall–Kier alpha value is -2.02. The highest BCUT2D eigenvalue weighted by atomic mass is 14.7. The van der Waals surface area contributed by atoms with E-state index in [1.54, 1.807) is 0 Å². The molecule has 1 nitrogen and oxygen atoms in total. The first-order chi connectivity index (χ1) is 8.86. The Kier molecular flexibility index (Phi) is 2.89. The van der Waals surface area contributed by atoms with Crippen LogP contribution in [0, 0.1) is 0 Å². The predicted octanol–water partition coefficient (Wildman–Crippen LogP) is 4.79. The van der Waals surface area contributed by atoms with Crippen molar-refractivity contribution in [3.63, 3.8) is 0 Å². The molecule has 2 aromatic carbocycles. The highest BCUT2D eigenvalue weighted by molar-refractivity contribution is 5.85. The number of aromatic amines is 1. The molecule has 3 aromatic rings. The fourth-order valence-electron chi connectivity index (χ4n) is 2.37. The molecule has 0 saturated carbocycles. The van der Waals surface area contributed by atoms with E-state index in [-0.39, 0.29) is 0 Å². The van der Waals surface area contributed by atoms with Crippen molar-refractivity contribution in [1.29, 1.82) is 0 Å². The summed E-state index contributed by atoms with van der Waals surface area (Å²) in [5, 5.41) is 1.27. The summed E-state index contributed by atoms with van der Waals surface area (Å²) in [5.41, 5.74) is 5.06. The Morgan fingerprint density at radius 2 is 1.72 bits per heavy atom. The molecular weight excluding hydrogens is 218 g/mol. The van der Waals surface area contributed by atoms with E-state index in [1.165, 1.54) is 34.1 Å². The summed E-state index contributed by atoms with van der Waals surface area (Å²) >= 11 is 0. The lowest BCUT2D eigenvalue weighted by Gasteiger charge is -2.01. The fourth-order valence-corrected chi connectivity index (χ4v) is 2.37. The summed E-state index contributed by atoms with van der Waals surface area (Å²) in [5.74, 6) is 0. The number of rotatable bonds is 3. The molecule has 1 N–H and O–H groups in total. The molecule has 1 heterocycles. The van der Waals surface area contributed by atoms with Crippen LogP contribution >= 0.6 is 0 Å². The number of aromatic nitrogens is 1. The highest BCUT2D eigenvalue weighted by Crippen LogP contribution is 2.24. The first kappa shape index (κ1) is 11.1. The third kappa shape index (κ3) is 2.04. The topological polar surface area (TPSA) is 15.8 Å². The van der Waals surface area contributed by atoms with Gasteiger partial charge in [-0.05, 0) is 29.7 Å². The fraction of sp³-hybridized carbons (Fsp3) is 0.176. The van der Waals surface area contributed by atoms with Crippen LogP contribution in [-0.2, 0) is 6.42 Å². The quantitative estimate of drug-likeness (QED) is 0.672. The zero-order valence-electron chi connectivity index (χ0n) is 10.6. The first-order valence-corrected chi connectivity index (χ1v) is 6.54. The van der Waals surface area contributed by atoms with Gasteiger partial charge >= 0.3 is 0 Å². The van der Waals surface area contributed by atoms with Gasteiger partial charge in [0.1, 0.15) is 0 Å². The van der Waals surface area contributed by atoms with Crippen molar-refractivity contribution in [2.45, 2.75) is 19.8 Å². The van der Waals surface area contributed by atoms with Crippen LogP contribution in [0.25, 0.3) is 22.2 Å². The lowest BCUT2D eigenvalue weighted by molar-refractivity contribution is 0.922. The van der Waals surface area contributed by atoms with Crippen molar-refractivity contribution >= 4 is 10.9 Å². The van der Waals surface area contributed by atoms with Gasteiger partial charge in [0.25, 0.3) is 0 Å². The molecule has 1 heteroatoms. The van der Waals surface area contributed by atoms with Crippen LogP contribution in [0.4, 0.5) is 0 Å². The molecule has 0 fully saturated rings. The molecule has 0 saturated heterocycles. The Labute approximate surface area is 107 Å². The smallest absolute Gasteiger partial charge is 0.0464 e. The summed E-state index contributed by atoms with van der Waals surface area (Å²) in [6.45, 7) is 2.21. The third-order valence-electron chi connectivity index (χ3n) is 3.33. The second-order valence-corrected chi connectivity index (χ2v) is 4.72. The standard InChI is InChI=1S/C17H17N/c1-2-5-13-8-10-14(11-9-13)17-12-15-6-3-4-7-16(15)18-17/h3-4,6-12,18H,2,5H2,1H3. The summed E-state index contributed by atoms with van der Waals surface area (Å²) in [7, 11) is 0. The Balaban J connectivity index is 1.98. The van der Waals surface area contributed by atoms with E-state index >= 15 is 0 Å². The lowest BCUT2D eigenvalue weighted by Crippen LogP contribution is -1.83. The van der Waals surface area contributed by atoms with Gasteiger partial charge in [-0.1, -0.05) is 55.8 Å². The van der Waals surface area contributed by atoms with Gasteiger partial charge in [-0.25, -0.2) is 0 Å². The molecule has 90 valence electrons. The van der Waals surface area contributed by atoms with E-state index in [0.29, 0.717) is 0 Å². The van der Waals surface area contributed by atoms with Gasteiger partial charge in [-0.2, -0.15) is 0 Å². The summed E-state index contributed by atoms with van der Waals surface area (Å²) in [6, 6.07) is 19.5. The van der Waals surface area contributed by atoms with Gasteiger partial charge in [0.05, 0.1) is 0 Å². The lowest BCUT2D eigenvalue weighted by atomic mass is 10.1. The van der Waals surface area contributed by atoms with Gasteiger partial charge < -0.3 is 4.98 Å². The summed E-state index contributed by atoms with van der Waals surface area (Å²) in [4.78, 5) is 3.46. The van der Waals surface area contributed by atoms with Crippen LogP contribution in [0.3, 0.4) is 0 Å². The van der Waals surface area contributed by atoms with Crippen molar-refractivity contribution < 1.29 is 0 Å². The molecule has 0 spiro atoms. The maximum atomic E-state index is 3.46. The van der Waals surface area contributed by atoms with Crippen LogP contribution in [0.5, 0.6) is 0 Å². The van der Waals surface area contributed by atoms with E-state index < -0.39 is 0 Å². The Morgan fingerprint density at radius 1 is 0.944 bits per heavy atom. The normalized spacial score (nSPS) is 10.9. The molecule has 1 aromatic heterocycles. The van der Waals surface area contributed by atoms with Crippen molar-refractivity contribution in [1.82, 2.24) is 4.98 Å². The average Bonchev–Trinajstić information content (AvgIpc) is 2.84. The van der Waals surface area contributed by atoms with Gasteiger partial charge in [-0.15, -0.1) is 0 Å².